The number of hydrogen-bond donors (Lipinski definition) is 1. The SMILES string of the molecule is O=C(C1CSc2ccccc21)N1CC(O)CO1. The Bertz CT molecular complexity index is 451. The van der Waals surface area contributed by atoms with Crippen molar-refractivity contribution in [1.29, 1.82) is 0 Å². The fourth-order valence-corrected chi connectivity index (χ4v) is 3.39. The Labute approximate surface area is 104 Å². The van der Waals surface area contributed by atoms with Crippen LogP contribution in [-0.4, -0.2) is 41.1 Å². The first kappa shape index (κ1) is 11.1. The third-order valence-corrected chi connectivity index (χ3v) is 4.23. The number of fused-ring (bicyclic) bond motifs is 1. The Morgan fingerprint density at radius 1 is 1.47 bits per heavy atom. The molecule has 5 heteroatoms. The van der Waals surface area contributed by atoms with Gasteiger partial charge in [-0.05, 0) is 11.6 Å². The minimum atomic E-state index is -0.553. The number of hydroxylamine groups is 2. The van der Waals surface area contributed by atoms with E-state index in [0.717, 1.165) is 11.3 Å². The van der Waals surface area contributed by atoms with Gasteiger partial charge in [0.1, 0.15) is 6.61 Å². The summed E-state index contributed by atoms with van der Waals surface area (Å²) in [5.41, 5.74) is 1.08. The molecule has 0 aromatic heterocycles. The summed E-state index contributed by atoms with van der Waals surface area (Å²) in [6.45, 7) is 0.495. The monoisotopic (exact) mass is 251 g/mol. The van der Waals surface area contributed by atoms with Crippen molar-refractivity contribution in [2.45, 2.75) is 16.9 Å². The molecular weight excluding hydrogens is 238 g/mol. The Morgan fingerprint density at radius 3 is 3.06 bits per heavy atom. The maximum absolute atomic E-state index is 12.2. The van der Waals surface area contributed by atoms with Gasteiger partial charge in [-0.25, -0.2) is 5.06 Å². The van der Waals surface area contributed by atoms with Gasteiger partial charge in [-0.1, -0.05) is 18.2 Å². The zero-order valence-electron chi connectivity index (χ0n) is 9.20. The average Bonchev–Trinajstić information content (AvgIpc) is 2.94. The molecular formula is C12H13NO3S. The van der Waals surface area contributed by atoms with Crippen molar-refractivity contribution in [3.63, 3.8) is 0 Å². The van der Waals surface area contributed by atoms with Crippen molar-refractivity contribution >= 4 is 17.7 Å². The predicted octanol–water partition coefficient (Wildman–Crippen LogP) is 1.01. The zero-order chi connectivity index (χ0) is 11.8. The second-order valence-electron chi connectivity index (χ2n) is 4.25. The van der Waals surface area contributed by atoms with E-state index in [0.29, 0.717) is 0 Å². The highest BCUT2D eigenvalue weighted by molar-refractivity contribution is 7.99. The molecule has 0 bridgehead atoms. The third kappa shape index (κ3) is 1.94. The van der Waals surface area contributed by atoms with Crippen LogP contribution in [0.2, 0.25) is 0 Å². The van der Waals surface area contributed by atoms with E-state index in [1.54, 1.807) is 11.8 Å². The zero-order valence-corrected chi connectivity index (χ0v) is 10.0. The standard InChI is InChI=1S/C12H13NO3S/c14-8-5-13(16-6-8)12(15)10-7-17-11-4-2-1-3-9(10)11/h1-4,8,10,14H,5-7H2. The number of thioether (sulfide) groups is 1. The highest BCUT2D eigenvalue weighted by Gasteiger charge is 2.36. The van der Waals surface area contributed by atoms with Gasteiger partial charge in [0, 0.05) is 10.6 Å². The molecule has 1 N–H and O–H groups in total. The smallest absolute Gasteiger partial charge is 0.254 e. The highest BCUT2D eigenvalue weighted by Crippen LogP contribution is 2.40. The summed E-state index contributed by atoms with van der Waals surface area (Å²) in [6.07, 6.45) is -0.553. The van der Waals surface area contributed by atoms with Gasteiger partial charge in [-0.3, -0.25) is 9.63 Å². The highest BCUT2D eigenvalue weighted by atomic mass is 32.2. The predicted molar refractivity (Wildman–Crippen MR) is 63.6 cm³/mol. The van der Waals surface area contributed by atoms with E-state index in [1.807, 2.05) is 24.3 Å². The molecule has 2 atom stereocenters. The van der Waals surface area contributed by atoms with Crippen LogP contribution in [0, 0.1) is 0 Å². The van der Waals surface area contributed by atoms with Crippen LogP contribution >= 0.6 is 11.8 Å². The summed E-state index contributed by atoms with van der Waals surface area (Å²) in [5, 5.41) is 10.7. The van der Waals surface area contributed by atoms with Crippen LogP contribution in [0.5, 0.6) is 0 Å². The third-order valence-electron chi connectivity index (χ3n) is 3.04. The van der Waals surface area contributed by atoms with Gasteiger partial charge in [-0.2, -0.15) is 0 Å². The van der Waals surface area contributed by atoms with Crippen molar-refractivity contribution in [2.24, 2.45) is 0 Å². The molecule has 1 fully saturated rings. The van der Waals surface area contributed by atoms with Gasteiger partial charge in [0.05, 0.1) is 18.6 Å². The number of β-amino-alcohol motifs (C(OH)–C–C–N with tert-alkyl or cyclic N) is 1. The fourth-order valence-electron chi connectivity index (χ4n) is 2.17. The van der Waals surface area contributed by atoms with Gasteiger partial charge in [-0.15, -0.1) is 11.8 Å². The Kier molecular flexibility index (Phi) is 2.82. The number of carbonyl (C=O) groups excluding carboxylic acids is 1. The fraction of sp³-hybridized carbons (Fsp3) is 0.417. The number of aliphatic hydroxyl groups is 1. The van der Waals surface area contributed by atoms with Crippen LogP contribution < -0.4 is 0 Å². The Hall–Kier alpha value is -1.04. The lowest BCUT2D eigenvalue weighted by Crippen LogP contribution is -2.33. The lowest BCUT2D eigenvalue weighted by Gasteiger charge is -2.18. The first-order valence-corrected chi connectivity index (χ1v) is 6.58. The van der Waals surface area contributed by atoms with Crippen molar-refractivity contribution < 1.29 is 14.7 Å². The maximum atomic E-state index is 12.2. The van der Waals surface area contributed by atoms with Crippen molar-refractivity contribution in [2.75, 3.05) is 18.9 Å². The van der Waals surface area contributed by atoms with Crippen LogP contribution in [0.15, 0.2) is 29.2 Å². The lowest BCUT2D eigenvalue weighted by atomic mass is 10.0. The van der Waals surface area contributed by atoms with Gasteiger partial charge in [0.25, 0.3) is 5.91 Å². The first-order valence-electron chi connectivity index (χ1n) is 5.60. The molecule has 90 valence electrons. The molecule has 1 amide bonds. The summed E-state index contributed by atoms with van der Waals surface area (Å²) in [5.74, 6) is 0.578. The molecule has 17 heavy (non-hydrogen) atoms. The van der Waals surface area contributed by atoms with E-state index in [1.165, 1.54) is 9.96 Å². The van der Waals surface area contributed by atoms with Crippen LogP contribution in [0.1, 0.15) is 11.5 Å². The molecule has 2 heterocycles. The number of carbonyl (C=O) groups is 1. The van der Waals surface area contributed by atoms with Crippen LogP contribution in [0.4, 0.5) is 0 Å². The molecule has 1 saturated heterocycles. The molecule has 3 rings (SSSR count). The van der Waals surface area contributed by atoms with Crippen molar-refractivity contribution in [3.8, 4) is 0 Å². The van der Waals surface area contributed by atoms with Crippen LogP contribution in [-0.2, 0) is 9.63 Å². The Balaban J connectivity index is 1.80. The van der Waals surface area contributed by atoms with Gasteiger partial charge in [0.2, 0.25) is 0 Å². The first-order chi connectivity index (χ1) is 8.25. The molecule has 2 aliphatic heterocycles. The molecule has 0 spiro atoms. The van der Waals surface area contributed by atoms with Crippen LogP contribution in [0.3, 0.4) is 0 Å². The maximum Gasteiger partial charge on any atom is 0.254 e. The van der Waals surface area contributed by atoms with Gasteiger partial charge in [0.15, 0.2) is 0 Å². The van der Waals surface area contributed by atoms with E-state index in [-0.39, 0.29) is 25.0 Å². The minimum absolute atomic E-state index is 0.0426. The van der Waals surface area contributed by atoms with E-state index < -0.39 is 6.10 Å². The molecule has 2 unspecified atom stereocenters. The average molecular weight is 251 g/mol. The molecule has 4 nitrogen and oxygen atoms in total. The lowest BCUT2D eigenvalue weighted by molar-refractivity contribution is -0.169. The molecule has 0 saturated carbocycles. The Morgan fingerprint density at radius 2 is 2.29 bits per heavy atom. The topological polar surface area (TPSA) is 49.8 Å². The molecule has 2 aliphatic rings. The second kappa shape index (κ2) is 4.33. The van der Waals surface area contributed by atoms with E-state index in [4.69, 9.17) is 4.84 Å². The number of hydrogen-bond acceptors (Lipinski definition) is 4. The molecule has 0 radical (unpaired) electrons. The minimum Gasteiger partial charge on any atom is -0.389 e. The number of aliphatic hydroxyl groups excluding tert-OH is 1. The van der Waals surface area contributed by atoms with E-state index in [9.17, 15) is 9.90 Å². The van der Waals surface area contributed by atoms with Crippen LogP contribution in [0.25, 0.3) is 0 Å². The normalized spacial score (nSPS) is 27.2. The van der Waals surface area contributed by atoms with Gasteiger partial charge >= 0.3 is 0 Å². The van der Waals surface area contributed by atoms with Gasteiger partial charge < -0.3 is 5.11 Å². The second-order valence-corrected chi connectivity index (χ2v) is 5.31. The summed E-state index contributed by atoms with van der Waals surface area (Å²) in [7, 11) is 0. The number of nitrogens with zero attached hydrogens (tertiary/aromatic N) is 1. The molecule has 1 aromatic rings. The number of benzene rings is 1. The largest absolute Gasteiger partial charge is 0.389 e. The van der Waals surface area contributed by atoms with Crippen molar-refractivity contribution in [1.82, 2.24) is 5.06 Å². The summed E-state index contributed by atoms with van der Waals surface area (Å²) < 4.78 is 0. The van der Waals surface area contributed by atoms with E-state index >= 15 is 0 Å². The van der Waals surface area contributed by atoms with Crippen molar-refractivity contribution in [3.05, 3.63) is 29.8 Å². The molecule has 1 aromatic carbocycles. The molecule has 0 aliphatic carbocycles. The summed E-state index contributed by atoms with van der Waals surface area (Å²) in [4.78, 5) is 18.6. The number of amides is 1. The summed E-state index contributed by atoms with van der Waals surface area (Å²) in [6, 6.07) is 7.96. The quantitative estimate of drug-likeness (QED) is 0.809. The summed E-state index contributed by atoms with van der Waals surface area (Å²) >= 11 is 1.70. The van der Waals surface area contributed by atoms with E-state index in [2.05, 4.69) is 0 Å². The number of rotatable bonds is 1.